The summed E-state index contributed by atoms with van der Waals surface area (Å²) in [6.45, 7) is 0. The molecule has 0 aromatic carbocycles. The zero-order chi connectivity index (χ0) is 0. The van der Waals surface area contributed by atoms with Crippen LogP contribution in [0.15, 0.2) is 0 Å². The van der Waals surface area contributed by atoms with E-state index in [2.05, 4.69) is 0 Å². The molecule has 2 nitrogen and oxygen atoms in total. The first-order valence-electron chi connectivity index (χ1n) is 0. The van der Waals surface area contributed by atoms with Gasteiger partial charge < -0.3 is 15.7 Å². The van der Waals surface area contributed by atoms with Crippen LogP contribution in [0.2, 0.25) is 0 Å². The standard InChI is InChI=1S/FH.Na.2O.Ti/h1H;;;;/q;+1;2*-2;+4/p-1. The van der Waals surface area contributed by atoms with Gasteiger partial charge in [-0.1, -0.05) is 0 Å². The first-order chi connectivity index (χ1) is 0. The molecule has 0 aromatic heterocycles. The molecular weight excluding hydrogens is 122 g/mol. The van der Waals surface area contributed by atoms with Gasteiger partial charge in [0.25, 0.3) is 0 Å². The summed E-state index contributed by atoms with van der Waals surface area (Å²) in [6.07, 6.45) is 0. The zero-order valence-electron chi connectivity index (χ0n) is 2.69. The summed E-state index contributed by atoms with van der Waals surface area (Å²) >= 11 is 0. The minimum Gasteiger partial charge on any atom is -2.00 e. The molecule has 0 rings (SSSR count). The van der Waals surface area contributed by atoms with Gasteiger partial charge in [-0.05, 0) is 0 Å². The Hall–Kier alpha value is 1.56. The first-order valence-corrected chi connectivity index (χ1v) is 0. The van der Waals surface area contributed by atoms with Gasteiger partial charge in [0.05, 0.1) is 0 Å². The molecule has 0 unspecified atom stereocenters. The molecule has 0 amide bonds. The largest absolute Gasteiger partial charge is 4.00 e. The summed E-state index contributed by atoms with van der Waals surface area (Å²) in [5.74, 6) is 0. The topological polar surface area (TPSA) is 57.0 Å². The maximum Gasteiger partial charge on any atom is 4.00 e. The van der Waals surface area contributed by atoms with Gasteiger partial charge in [0.15, 0.2) is 0 Å². The summed E-state index contributed by atoms with van der Waals surface area (Å²) in [6, 6.07) is 0. The fraction of sp³-hybridized carbons (Fsp3) is 0. The van der Waals surface area contributed by atoms with E-state index in [4.69, 9.17) is 0 Å². The Bertz CT molecular complexity index is 9.61. The summed E-state index contributed by atoms with van der Waals surface area (Å²) in [5.41, 5.74) is 0. The monoisotopic (exact) mass is 122 g/mol. The fourth-order valence-electron chi connectivity index (χ4n) is 0. The molecule has 0 aromatic rings. The second-order valence-corrected chi connectivity index (χ2v) is 0. The van der Waals surface area contributed by atoms with Gasteiger partial charge in [0.2, 0.25) is 0 Å². The van der Waals surface area contributed by atoms with Crippen molar-refractivity contribution in [1.82, 2.24) is 0 Å². The molecule has 5 heavy (non-hydrogen) atoms. The van der Waals surface area contributed by atoms with Crippen LogP contribution < -0.4 is 34.3 Å². The van der Waals surface area contributed by atoms with Gasteiger partial charge in [-0.3, -0.25) is 0 Å². The van der Waals surface area contributed by atoms with Crippen molar-refractivity contribution in [3.63, 3.8) is 0 Å². The second kappa shape index (κ2) is 47.4. The summed E-state index contributed by atoms with van der Waals surface area (Å²) in [5, 5.41) is 0. The number of halogens is 1. The smallest absolute Gasteiger partial charge is 2.00 e. The van der Waals surface area contributed by atoms with E-state index in [0.29, 0.717) is 0 Å². The Kier molecular flexibility index (Phi) is 787. The van der Waals surface area contributed by atoms with Crippen LogP contribution in [0.5, 0.6) is 0 Å². The molecule has 0 aliphatic carbocycles. The quantitative estimate of drug-likeness (QED) is 0.287. The van der Waals surface area contributed by atoms with Gasteiger partial charge in [-0.15, -0.1) is 0 Å². The molecule has 0 radical (unpaired) electrons. The molecule has 0 saturated heterocycles. The molecular formula is FNaO2Ti. The van der Waals surface area contributed by atoms with Crippen molar-refractivity contribution >= 4 is 0 Å². The summed E-state index contributed by atoms with van der Waals surface area (Å²) in [4.78, 5) is 0. The van der Waals surface area contributed by atoms with E-state index < -0.39 is 0 Å². The Morgan fingerprint density at radius 2 is 0.800 bits per heavy atom. The van der Waals surface area contributed by atoms with Crippen molar-refractivity contribution in [3.8, 4) is 0 Å². The normalized spacial score (nSPS) is 0. The molecule has 5 heteroatoms. The number of hydrogen-bond acceptors (Lipinski definition) is 0. The Morgan fingerprint density at radius 3 is 0.800 bits per heavy atom. The van der Waals surface area contributed by atoms with Crippen molar-refractivity contribution in [2.24, 2.45) is 0 Å². The van der Waals surface area contributed by atoms with Crippen molar-refractivity contribution in [3.05, 3.63) is 0 Å². The van der Waals surface area contributed by atoms with Gasteiger partial charge in [-0.2, -0.15) is 0 Å². The molecule has 0 saturated carbocycles. The zero-order valence-corrected chi connectivity index (χ0v) is 6.26. The number of rotatable bonds is 0. The third kappa shape index (κ3) is 28.9. The molecule has 24 valence electrons. The van der Waals surface area contributed by atoms with Crippen LogP contribution >= 0.6 is 0 Å². The molecule has 0 spiro atoms. The predicted molar refractivity (Wildman–Crippen MR) is 1.37 cm³/mol. The van der Waals surface area contributed by atoms with Crippen LogP contribution in [0, 0.1) is 0 Å². The van der Waals surface area contributed by atoms with E-state index in [1.807, 2.05) is 0 Å². The molecule has 0 heterocycles. The summed E-state index contributed by atoms with van der Waals surface area (Å²) < 4.78 is 0. The minimum absolute atomic E-state index is 0. The third-order valence-electron chi connectivity index (χ3n) is 0. The Labute approximate surface area is 66.5 Å². The SMILES string of the molecule is [F-].[Na+].[O-2].[O-2].[Ti+4]. The van der Waals surface area contributed by atoms with Crippen molar-refractivity contribution in [2.75, 3.05) is 0 Å². The second-order valence-electron chi connectivity index (χ2n) is 0. The molecule has 0 bridgehead atoms. The molecule has 0 atom stereocenters. The van der Waals surface area contributed by atoms with E-state index in [0.717, 1.165) is 0 Å². The van der Waals surface area contributed by atoms with Crippen LogP contribution in [-0.2, 0) is 32.7 Å². The summed E-state index contributed by atoms with van der Waals surface area (Å²) in [7, 11) is 0. The van der Waals surface area contributed by atoms with Crippen molar-refractivity contribution < 1.29 is 66.9 Å². The van der Waals surface area contributed by atoms with E-state index in [9.17, 15) is 0 Å². The minimum atomic E-state index is 0. The molecule has 0 aliphatic heterocycles. The average Bonchev–Trinajstić information content (AvgIpc) is 0. The maximum absolute atomic E-state index is 0. The van der Waals surface area contributed by atoms with Crippen LogP contribution in [0.3, 0.4) is 0 Å². The third-order valence-corrected chi connectivity index (χ3v) is 0. The van der Waals surface area contributed by atoms with Crippen LogP contribution in [0.1, 0.15) is 0 Å². The van der Waals surface area contributed by atoms with Crippen LogP contribution in [0.25, 0.3) is 0 Å². The predicted octanol–water partition coefficient (Wildman–Crippen LogP) is -6.23. The Morgan fingerprint density at radius 1 is 0.800 bits per heavy atom. The van der Waals surface area contributed by atoms with E-state index in [1.165, 1.54) is 0 Å². The van der Waals surface area contributed by atoms with Crippen LogP contribution in [0.4, 0.5) is 0 Å². The maximum atomic E-state index is 0. The fourth-order valence-corrected chi connectivity index (χ4v) is 0. The van der Waals surface area contributed by atoms with Crippen molar-refractivity contribution in [2.45, 2.75) is 0 Å². The molecule has 0 fully saturated rings. The number of hydrogen-bond donors (Lipinski definition) is 0. The van der Waals surface area contributed by atoms with Gasteiger partial charge in [-0.25, -0.2) is 0 Å². The van der Waals surface area contributed by atoms with E-state index in [-0.39, 0.29) is 66.9 Å². The van der Waals surface area contributed by atoms with Gasteiger partial charge in [0, 0.05) is 0 Å². The average molecular weight is 122 g/mol. The van der Waals surface area contributed by atoms with Gasteiger partial charge in [0.1, 0.15) is 0 Å². The first kappa shape index (κ1) is 83.1. The van der Waals surface area contributed by atoms with E-state index >= 15 is 0 Å². The van der Waals surface area contributed by atoms with Gasteiger partial charge >= 0.3 is 51.3 Å². The van der Waals surface area contributed by atoms with Crippen LogP contribution in [-0.4, -0.2) is 0 Å². The van der Waals surface area contributed by atoms with E-state index in [1.54, 1.807) is 0 Å². The molecule has 0 N–H and O–H groups in total. The molecule has 0 aliphatic rings. The Balaban J connectivity index is 0. The van der Waals surface area contributed by atoms with Crippen molar-refractivity contribution in [1.29, 1.82) is 0 Å².